The zero-order valence-electron chi connectivity index (χ0n) is 5.94. The Kier molecular flexibility index (Phi) is 3.41. The molecule has 1 heteroatoms. The number of hydrogen-bond acceptors (Lipinski definition) is 1. The zero-order valence-corrected chi connectivity index (χ0v) is 5.94. The summed E-state index contributed by atoms with van der Waals surface area (Å²) >= 11 is 0. The van der Waals surface area contributed by atoms with Crippen LogP contribution in [0.25, 0.3) is 0 Å². The lowest BCUT2D eigenvalue weighted by atomic mass is 10.4. The molecule has 0 aliphatic carbocycles. The van der Waals surface area contributed by atoms with Crippen molar-refractivity contribution in [3.63, 3.8) is 0 Å². The van der Waals surface area contributed by atoms with Crippen LogP contribution in [0.1, 0.15) is 13.8 Å². The third kappa shape index (κ3) is 3.51. The van der Waals surface area contributed by atoms with E-state index < -0.39 is 0 Å². The predicted octanol–water partition coefficient (Wildman–Crippen LogP) is 2.32. The summed E-state index contributed by atoms with van der Waals surface area (Å²) in [5.74, 6) is 0. The molecule has 0 N–H and O–H groups in total. The first kappa shape index (κ1) is 7.93. The Hall–Kier alpha value is -1.07. The van der Waals surface area contributed by atoms with Crippen molar-refractivity contribution in [3.8, 4) is 0 Å². The number of hydrogen-bond donors (Lipinski definition) is 0. The Bertz CT molecular complexity index is 181. The van der Waals surface area contributed by atoms with E-state index in [-0.39, 0.29) is 0 Å². The van der Waals surface area contributed by atoms with Crippen LogP contribution < -0.4 is 0 Å². The van der Waals surface area contributed by atoms with Gasteiger partial charge in [-0.05, 0) is 19.9 Å². The molecule has 0 spiro atoms. The minimum absolute atomic E-state index is 0.799. The molecule has 48 valence electrons. The standard InChI is InChI=1S/C8H11N/c1-5-7(3)9-8(4)6-2/h5H,1-2H2,3-4H3. The van der Waals surface area contributed by atoms with E-state index in [0.29, 0.717) is 0 Å². The van der Waals surface area contributed by atoms with E-state index in [1.54, 1.807) is 6.08 Å². The molecule has 1 nitrogen and oxygen atoms in total. The molecule has 0 rings (SSSR count). The van der Waals surface area contributed by atoms with Gasteiger partial charge in [-0.1, -0.05) is 13.2 Å². The van der Waals surface area contributed by atoms with Gasteiger partial charge in [-0.25, -0.2) is 0 Å². The highest BCUT2D eigenvalue weighted by atomic mass is 14.7. The number of allylic oxidation sites excluding steroid dienone is 2. The number of aliphatic imine (C=N–C) groups is 1. The van der Waals surface area contributed by atoms with Crippen LogP contribution in [0.5, 0.6) is 0 Å². The minimum atomic E-state index is 0.799. The van der Waals surface area contributed by atoms with Crippen LogP contribution >= 0.6 is 0 Å². The van der Waals surface area contributed by atoms with Crippen molar-refractivity contribution in [2.75, 3.05) is 0 Å². The van der Waals surface area contributed by atoms with Gasteiger partial charge in [0.25, 0.3) is 0 Å². The summed E-state index contributed by atoms with van der Waals surface area (Å²) < 4.78 is 0. The van der Waals surface area contributed by atoms with Gasteiger partial charge in [-0.3, -0.25) is 4.99 Å². The molecular weight excluding hydrogens is 110 g/mol. The maximum Gasteiger partial charge on any atom is 0.0786 e. The van der Waals surface area contributed by atoms with Crippen molar-refractivity contribution in [3.05, 3.63) is 30.7 Å². The van der Waals surface area contributed by atoms with Crippen LogP contribution in [0.3, 0.4) is 0 Å². The molecule has 0 aromatic heterocycles. The average molecular weight is 121 g/mol. The summed E-state index contributed by atoms with van der Waals surface area (Å²) in [6.45, 7) is 10.7. The van der Waals surface area contributed by atoms with E-state index in [1.165, 1.54) is 0 Å². The van der Waals surface area contributed by atoms with Crippen molar-refractivity contribution in [2.24, 2.45) is 4.99 Å². The maximum atomic E-state index is 4.06. The molecule has 0 bridgehead atoms. The van der Waals surface area contributed by atoms with Crippen molar-refractivity contribution >= 4 is 5.71 Å². The van der Waals surface area contributed by atoms with Gasteiger partial charge in [0.2, 0.25) is 0 Å². The van der Waals surface area contributed by atoms with Crippen LogP contribution in [-0.4, -0.2) is 5.71 Å². The Morgan fingerprint density at radius 3 is 2.44 bits per heavy atom. The van der Waals surface area contributed by atoms with E-state index in [1.807, 2.05) is 13.8 Å². The third-order valence-corrected chi connectivity index (χ3v) is 0.895. The second kappa shape index (κ2) is 3.88. The molecule has 0 fully saturated rings. The first-order valence-electron chi connectivity index (χ1n) is 2.75. The summed E-state index contributed by atoms with van der Waals surface area (Å²) in [4.78, 5) is 4.06. The zero-order chi connectivity index (χ0) is 7.28. The van der Waals surface area contributed by atoms with Crippen LogP contribution in [-0.2, 0) is 0 Å². The molecule has 0 aliphatic rings. The second-order valence-corrected chi connectivity index (χ2v) is 1.72. The number of rotatable bonds is 2. The van der Waals surface area contributed by atoms with Gasteiger partial charge in [0.05, 0.1) is 5.70 Å². The fourth-order valence-corrected chi connectivity index (χ4v) is 0.350. The highest BCUT2D eigenvalue weighted by Crippen LogP contribution is 1.91. The van der Waals surface area contributed by atoms with Gasteiger partial charge in [0.15, 0.2) is 0 Å². The first-order chi connectivity index (χ1) is 4.20. The van der Waals surface area contributed by atoms with Gasteiger partial charge >= 0.3 is 0 Å². The highest BCUT2D eigenvalue weighted by molar-refractivity contribution is 5.92. The topological polar surface area (TPSA) is 12.4 Å². The molecule has 9 heavy (non-hydrogen) atoms. The lowest BCUT2D eigenvalue weighted by Crippen LogP contribution is -1.81. The SMILES string of the molecule is C=C=C(C)N=C(C)C=C. The molecule has 0 radical (unpaired) electrons. The molecule has 0 amide bonds. The Labute approximate surface area is 56.1 Å². The first-order valence-corrected chi connectivity index (χ1v) is 2.75. The molecule has 0 aromatic rings. The lowest BCUT2D eigenvalue weighted by Gasteiger charge is -1.87. The van der Waals surface area contributed by atoms with Gasteiger partial charge in [0.1, 0.15) is 0 Å². The normalized spacial score (nSPS) is 10.2. The fourth-order valence-electron chi connectivity index (χ4n) is 0.350. The van der Waals surface area contributed by atoms with E-state index in [2.05, 4.69) is 23.9 Å². The molecule has 0 aromatic carbocycles. The van der Waals surface area contributed by atoms with Crippen molar-refractivity contribution < 1.29 is 0 Å². The van der Waals surface area contributed by atoms with Crippen LogP contribution in [0.15, 0.2) is 35.7 Å². The maximum absolute atomic E-state index is 4.06. The smallest absolute Gasteiger partial charge is 0.0786 e. The van der Waals surface area contributed by atoms with Gasteiger partial charge in [-0.2, -0.15) is 0 Å². The quantitative estimate of drug-likeness (QED) is 0.392. The van der Waals surface area contributed by atoms with E-state index >= 15 is 0 Å². The van der Waals surface area contributed by atoms with Crippen LogP contribution in [0, 0.1) is 0 Å². The molecule has 0 unspecified atom stereocenters. The summed E-state index contributed by atoms with van der Waals surface area (Å²) in [6.07, 6.45) is 1.70. The summed E-state index contributed by atoms with van der Waals surface area (Å²) in [5.41, 5.74) is 4.35. The van der Waals surface area contributed by atoms with Gasteiger partial charge < -0.3 is 0 Å². The van der Waals surface area contributed by atoms with Crippen molar-refractivity contribution in [1.82, 2.24) is 0 Å². The lowest BCUT2D eigenvalue weighted by molar-refractivity contribution is 1.31. The molecule has 0 heterocycles. The third-order valence-electron chi connectivity index (χ3n) is 0.895. The molecular formula is C8H11N. The summed E-state index contributed by atoms with van der Waals surface area (Å²) in [7, 11) is 0. The number of nitrogens with zero attached hydrogens (tertiary/aromatic N) is 1. The second-order valence-electron chi connectivity index (χ2n) is 1.72. The Balaban J connectivity index is 4.29. The average Bonchev–Trinajstić information content (AvgIpc) is 1.87. The summed E-state index contributed by atoms with van der Waals surface area (Å²) in [6, 6.07) is 0. The van der Waals surface area contributed by atoms with Crippen LogP contribution in [0.4, 0.5) is 0 Å². The Morgan fingerprint density at radius 1 is 1.56 bits per heavy atom. The fraction of sp³-hybridized carbons (Fsp3) is 0.250. The van der Waals surface area contributed by atoms with E-state index in [9.17, 15) is 0 Å². The minimum Gasteiger partial charge on any atom is -0.250 e. The van der Waals surface area contributed by atoms with E-state index in [0.717, 1.165) is 11.4 Å². The van der Waals surface area contributed by atoms with Crippen molar-refractivity contribution in [1.29, 1.82) is 0 Å². The molecule has 0 saturated carbocycles. The molecule has 0 aliphatic heterocycles. The van der Waals surface area contributed by atoms with Crippen molar-refractivity contribution in [2.45, 2.75) is 13.8 Å². The summed E-state index contributed by atoms with van der Waals surface area (Å²) in [5, 5.41) is 0. The molecule has 0 atom stereocenters. The largest absolute Gasteiger partial charge is 0.250 e. The Morgan fingerprint density at radius 2 is 2.11 bits per heavy atom. The monoisotopic (exact) mass is 121 g/mol. The van der Waals surface area contributed by atoms with E-state index in [4.69, 9.17) is 0 Å². The van der Waals surface area contributed by atoms with Gasteiger partial charge in [0, 0.05) is 5.71 Å². The van der Waals surface area contributed by atoms with Crippen LogP contribution in [0.2, 0.25) is 0 Å². The highest BCUT2D eigenvalue weighted by Gasteiger charge is 1.80. The van der Waals surface area contributed by atoms with Gasteiger partial charge in [-0.15, -0.1) is 5.73 Å². The predicted molar refractivity (Wildman–Crippen MR) is 41.6 cm³/mol. The molecule has 0 saturated heterocycles.